The summed E-state index contributed by atoms with van der Waals surface area (Å²) < 4.78 is 5.23. The number of aliphatic imine (C=N–C) groups is 2. The molecule has 2 atom stereocenters. The topological polar surface area (TPSA) is 103 Å². The van der Waals surface area contributed by atoms with Crippen LogP contribution in [0.5, 0.6) is 0 Å². The third kappa shape index (κ3) is 3.49. The van der Waals surface area contributed by atoms with Crippen molar-refractivity contribution in [3.63, 3.8) is 0 Å². The lowest BCUT2D eigenvalue weighted by Gasteiger charge is -2.33. The highest BCUT2D eigenvalue weighted by molar-refractivity contribution is 5.99. The summed E-state index contributed by atoms with van der Waals surface area (Å²) in [6.07, 6.45) is 5.66. The van der Waals surface area contributed by atoms with Crippen LogP contribution in [0, 0.1) is 5.92 Å². The molecule has 0 fully saturated rings. The summed E-state index contributed by atoms with van der Waals surface area (Å²) in [5.74, 6) is -0.0838. The minimum Gasteiger partial charge on any atom is -0.463 e. The number of amidine groups is 1. The predicted octanol–water partition coefficient (Wildman–Crippen LogP) is 2.07. The summed E-state index contributed by atoms with van der Waals surface area (Å²) in [6.45, 7) is 4.68. The lowest BCUT2D eigenvalue weighted by Crippen LogP contribution is -2.44. The molecule has 3 rings (SSSR count). The van der Waals surface area contributed by atoms with Gasteiger partial charge in [-0.1, -0.05) is 38.1 Å². The van der Waals surface area contributed by atoms with Gasteiger partial charge in [-0.25, -0.2) is 4.99 Å². The van der Waals surface area contributed by atoms with Gasteiger partial charge in [-0.05, 0) is 36.0 Å². The van der Waals surface area contributed by atoms with E-state index in [0.29, 0.717) is 13.0 Å². The molecule has 0 saturated heterocycles. The van der Waals surface area contributed by atoms with E-state index in [9.17, 15) is 4.79 Å². The highest BCUT2D eigenvalue weighted by atomic mass is 16.5. The Kier molecular flexibility index (Phi) is 5.11. The number of carbonyl (C=O) groups is 1. The van der Waals surface area contributed by atoms with Crippen molar-refractivity contribution in [3.8, 4) is 0 Å². The van der Waals surface area contributed by atoms with Crippen LogP contribution in [0.25, 0.3) is 0 Å². The Bertz CT molecular complexity index is 782. The molecule has 1 aromatic rings. The molecule has 2 aliphatic heterocycles. The number of amides is 1. The van der Waals surface area contributed by atoms with Crippen LogP contribution in [0.4, 0.5) is 0 Å². The van der Waals surface area contributed by atoms with Crippen LogP contribution in [-0.2, 0) is 21.4 Å². The Labute approximate surface area is 154 Å². The summed E-state index contributed by atoms with van der Waals surface area (Å²) in [5.41, 5.74) is 13.7. The number of ether oxygens (including phenoxy) is 1. The van der Waals surface area contributed by atoms with E-state index in [1.54, 1.807) is 6.20 Å². The van der Waals surface area contributed by atoms with E-state index in [-0.39, 0.29) is 23.9 Å². The maximum atomic E-state index is 12.6. The van der Waals surface area contributed by atoms with Gasteiger partial charge in [0.05, 0.1) is 11.5 Å². The second-order valence-corrected chi connectivity index (χ2v) is 7.23. The number of carbonyl (C=O) groups excluding carboxylic acids is 1. The van der Waals surface area contributed by atoms with Crippen molar-refractivity contribution in [2.24, 2.45) is 27.4 Å². The minimum absolute atomic E-state index is 0.0577. The van der Waals surface area contributed by atoms with Crippen molar-refractivity contribution in [2.45, 2.75) is 44.6 Å². The minimum atomic E-state index is -0.855. The quantitative estimate of drug-likeness (QED) is 0.817. The molecule has 4 N–H and O–H groups in total. The van der Waals surface area contributed by atoms with Crippen molar-refractivity contribution in [1.82, 2.24) is 0 Å². The van der Waals surface area contributed by atoms with E-state index in [2.05, 4.69) is 29.9 Å². The predicted molar refractivity (Wildman–Crippen MR) is 103 cm³/mol. The smallest absolute Gasteiger partial charge is 0.282 e. The van der Waals surface area contributed by atoms with Crippen molar-refractivity contribution in [1.29, 1.82) is 0 Å². The molecule has 2 aliphatic rings. The molecule has 6 heteroatoms. The van der Waals surface area contributed by atoms with Crippen molar-refractivity contribution < 1.29 is 9.53 Å². The van der Waals surface area contributed by atoms with E-state index < -0.39 is 5.41 Å². The first-order valence-corrected chi connectivity index (χ1v) is 9.01. The monoisotopic (exact) mass is 354 g/mol. The zero-order chi connectivity index (χ0) is 18.7. The molecule has 0 aliphatic carbocycles. The normalized spacial score (nSPS) is 25.0. The van der Waals surface area contributed by atoms with Gasteiger partial charge in [0.25, 0.3) is 6.02 Å². The SMILES string of the molecule is CC(C)C1=NC=CC(C(N)=O)(c2ccccc2CCC2COC(N)=N2)C1. The highest BCUT2D eigenvalue weighted by Gasteiger charge is 2.40. The summed E-state index contributed by atoms with van der Waals surface area (Å²) in [5, 5.41) is 0. The van der Waals surface area contributed by atoms with E-state index in [1.165, 1.54) is 0 Å². The van der Waals surface area contributed by atoms with Crippen molar-refractivity contribution in [2.75, 3.05) is 6.61 Å². The Morgan fingerprint density at radius 2 is 2.15 bits per heavy atom. The zero-order valence-corrected chi connectivity index (χ0v) is 15.3. The number of benzene rings is 1. The van der Waals surface area contributed by atoms with Gasteiger partial charge in [0.2, 0.25) is 5.91 Å². The third-order valence-corrected chi connectivity index (χ3v) is 5.14. The number of aryl methyl sites for hydroxylation is 1. The van der Waals surface area contributed by atoms with E-state index in [0.717, 1.165) is 29.7 Å². The van der Waals surface area contributed by atoms with Crippen LogP contribution in [0.2, 0.25) is 0 Å². The van der Waals surface area contributed by atoms with Gasteiger partial charge in [-0.15, -0.1) is 0 Å². The van der Waals surface area contributed by atoms with E-state index in [1.807, 2.05) is 24.3 Å². The first-order valence-electron chi connectivity index (χ1n) is 9.01. The van der Waals surface area contributed by atoms with Gasteiger partial charge in [-0.3, -0.25) is 9.79 Å². The number of hydrogen-bond acceptors (Lipinski definition) is 5. The lowest BCUT2D eigenvalue weighted by molar-refractivity contribution is -0.121. The standard InChI is InChI=1S/C20H26N4O2/c1-13(2)17-11-20(18(21)25,9-10-23-17)16-6-4-3-5-14(16)7-8-15-12-26-19(22)24-15/h3-6,9-10,13,15H,7-8,11-12H2,1-2H3,(H2,21,25)(H2,22,24). The van der Waals surface area contributed by atoms with Crippen molar-refractivity contribution in [3.05, 3.63) is 47.7 Å². The number of hydrogen-bond donors (Lipinski definition) is 2. The van der Waals surface area contributed by atoms with Gasteiger partial charge in [0.1, 0.15) is 6.61 Å². The highest BCUT2D eigenvalue weighted by Crippen LogP contribution is 2.36. The number of nitrogens with two attached hydrogens (primary N) is 2. The van der Waals surface area contributed by atoms with Crippen LogP contribution >= 0.6 is 0 Å². The fourth-order valence-electron chi connectivity index (χ4n) is 3.57. The molecular formula is C20H26N4O2. The molecule has 0 saturated carbocycles. The first-order chi connectivity index (χ1) is 12.4. The van der Waals surface area contributed by atoms with E-state index >= 15 is 0 Å². The molecule has 0 bridgehead atoms. The van der Waals surface area contributed by atoms with Crippen LogP contribution in [0.1, 0.15) is 37.8 Å². The Morgan fingerprint density at radius 1 is 1.38 bits per heavy atom. The number of primary amides is 1. The molecule has 26 heavy (non-hydrogen) atoms. The Hall–Kier alpha value is -2.63. The fourth-order valence-corrected chi connectivity index (χ4v) is 3.57. The number of nitrogens with zero attached hydrogens (tertiary/aromatic N) is 2. The second-order valence-electron chi connectivity index (χ2n) is 7.23. The third-order valence-electron chi connectivity index (χ3n) is 5.14. The van der Waals surface area contributed by atoms with Gasteiger partial charge in [0.15, 0.2) is 0 Å². The van der Waals surface area contributed by atoms with Crippen molar-refractivity contribution >= 4 is 17.6 Å². The molecule has 0 aromatic heterocycles. The summed E-state index contributed by atoms with van der Waals surface area (Å²) in [7, 11) is 0. The molecule has 0 spiro atoms. The lowest BCUT2D eigenvalue weighted by atomic mass is 9.71. The number of rotatable bonds is 6. The fraction of sp³-hybridized carbons (Fsp3) is 0.450. The van der Waals surface area contributed by atoms with Gasteiger partial charge >= 0.3 is 0 Å². The molecular weight excluding hydrogens is 328 g/mol. The van der Waals surface area contributed by atoms with Crippen LogP contribution in [0.15, 0.2) is 46.5 Å². The molecule has 2 heterocycles. The molecule has 0 radical (unpaired) electrons. The molecule has 6 nitrogen and oxygen atoms in total. The average molecular weight is 354 g/mol. The largest absolute Gasteiger partial charge is 0.463 e. The van der Waals surface area contributed by atoms with Gasteiger partial charge in [0, 0.05) is 18.3 Å². The average Bonchev–Trinajstić information content (AvgIpc) is 3.05. The van der Waals surface area contributed by atoms with E-state index in [4.69, 9.17) is 16.2 Å². The van der Waals surface area contributed by atoms with Crippen LogP contribution in [-0.4, -0.2) is 30.3 Å². The maximum Gasteiger partial charge on any atom is 0.282 e. The maximum absolute atomic E-state index is 12.6. The first kappa shape index (κ1) is 18.2. The molecule has 1 amide bonds. The summed E-state index contributed by atoms with van der Waals surface area (Å²) in [4.78, 5) is 21.3. The van der Waals surface area contributed by atoms with Crippen LogP contribution < -0.4 is 11.5 Å². The summed E-state index contributed by atoms with van der Waals surface area (Å²) in [6, 6.07) is 8.30. The van der Waals surface area contributed by atoms with Gasteiger partial charge < -0.3 is 16.2 Å². The Balaban J connectivity index is 1.90. The van der Waals surface area contributed by atoms with Gasteiger partial charge in [-0.2, -0.15) is 0 Å². The zero-order valence-electron chi connectivity index (χ0n) is 15.3. The van der Waals surface area contributed by atoms with Crippen LogP contribution in [0.3, 0.4) is 0 Å². The summed E-state index contributed by atoms with van der Waals surface area (Å²) >= 11 is 0. The molecule has 138 valence electrons. The molecule has 1 aromatic carbocycles. The Morgan fingerprint density at radius 3 is 2.81 bits per heavy atom. The second kappa shape index (κ2) is 7.32. The molecule has 2 unspecified atom stereocenters.